The molecule has 0 radical (unpaired) electrons. The summed E-state index contributed by atoms with van der Waals surface area (Å²) in [6.07, 6.45) is -0.349. The quantitative estimate of drug-likeness (QED) is 0.564. The molecule has 0 rings (SSSR count). The van der Waals surface area contributed by atoms with Crippen LogP contribution in [0.4, 0.5) is 8.78 Å². The maximum atomic E-state index is 11.8. The van der Waals surface area contributed by atoms with Gasteiger partial charge in [-0.1, -0.05) is 13.8 Å². The smallest absolute Gasteiger partial charge is 0.323 e. The Morgan fingerprint density at radius 3 is 2.56 bits per heavy atom. The molecule has 1 atom stereocenters. The molecule has 0 aromatic carbocycles. The van der Waals surface area contributed by atoms with E-state index in [9.17, 15) is 18.7 Å². The number of nitrogens with one attached hydrogen (secondary N) is 1. The normalized spacial score (nSPS) is 14.7. The van der Waals surface area contributed by atoms with Crippen LogP contribution in [0.1, 0.15) is 39.5 Å². The number of carboxylic acids is 1. The summed E-state index contributed by atoms with van der Waals surface area (Å²) in [6.45, 7) is 3.96. The third-order valence-electron chi connectivity index (χ3n) is 2.86. The van der Waals surface area contributed by atoms with E-state index in [1.165, 1.54) is 0 Å². The summed E-state index contributed by atoms with van der Waals surface area (Å²) in [4.78, 5) is 11.3. The van der Waals surface area contributed by atoms with Gasteiger partial charge in [-0.2, -0.15) is 0 Å². The molecule has 0 aromatic rings. The third kappa shape index (κ3) is 6.26. The van der Waals surface area contributed by atoms with Gasteiger partial charge in [0, 0.05) is 6.61 Å². The minimum absolute atomic E-state index is 0.160. The lowest BCUT2D eigenvalue weighted by atomic mass is 9.90. The molecule has 108 valence electrons. The molecule has 1 unspecified atom stereocenters. The molecule has 0 saturated carbocycles. The van der Waals surface area contributed by atoms with Crippen LogP contribution < -0.4 is 5.32 Å². The molecule has 0 amide bonds. The van der Waals surface area contributed by atoms with E-state index in [1.54, 1.807) is 6.92 Å². The molecule has 0 fully saturated rings. The van der Waals surface area contributed by atoms with Gasteiger partial charge in [0.05, 0.1) is 0 Å². The minimum Gasteiger partial charge on any atom is -0.480 e. The van der Waals surface area contributed by atoms with Crippen LogP contribution in [0.15, 0.2) is 0 Å². The van der Waals surface area contributed by atoms with Gasteiger partial charge < -0.3 is 15.2 Å². The first-order chi connectivity index (χ1) is 8.48. The fraction of sp³-hybridized carbons (Fsp3) is 0.917. The molecular weight excluding hydrogens is 244 g/mol. The van der Waals surface area contributed by atoms with Crippen molar-refractivity contribution >= 4 is 5.97 Å². The average Bonchev–Trinajstić information content (AvgIpc) is 2.32. The number of ether oxygens (including phenoxy) is 1. The highest BCUT2D eigenvalue weighted by molar-refractivity contribution is 5.78. The van der Waals surface area contributed by atoms with Gasteiger partial charge >= 0.3 is 5.97 Å². The molecule has 0 aliphatic carbocycles. The minimum atomic E-state index is -2.47. The van der Waals surface area contributed by atoms with Gasteiger partial charge in [0.1, 0.15) is 12.1 Å². The Morgan fingerprint density at radius 1 is 1.44 bits per heavy atom. The van der Waals surface area contributed by atoms with Gasteiger partial charge in [-0.15, -0.1) is 0 Å². The van der Waals surface area contributed by atoms with Crippen LogP contribution >= 0.6 is 0 Å². The van der Waals surface area contributed by atoms with Crippen molar-refractivity contribution in [1.82, 2.24) is 5.32 Å². The number of alkyl halides is 2. The number of hydrogen-bond donors (Lipinski definition) is 2. The maximum Gasteiger partial charge on any atom is 0.323 e. The molecular formula is C12H23F2NO3. The predicted molar refractivity (Wildman–Crippen MR) is 65.0 cm³/mol. The lowest BCUT2D eigenvalue weighted by Gasteiger charge is -2.29. The zero-order chi connectivity index (χ0) is 14.0. The van der Waals surface area contributed by atoms with E-state index in [0.717, 1.165) is 6.42 Å². The van der Waals surface area contributed by atoms with Crippen molar-refractivity contribution in [3.05, 3.63) is 0 Å². The Bertz CT molecular complexity index is 239. The topological polar surface area (TPSA) is 58.6 Å². The lowest BCUT2D eigenvalue weighted by molar-refractivity contribution is -0.145. The third-order valence-corrected chi connectivity index (χ3v) is 2.86. The zero-order valence-electron chi connectivity index (χ0n) is 11.0. The summed E-state index contributed by atoms with van der Waals surface area (Å²) in [7, 11) is 0. The van der Waals surface area contributed by atoms with Crippen LogP contribution in [0, 0.1) is 0 Å². The number of rotatable bonds is 11. The van der Waals surface area contributed by atoms with Crippen molar-refractivity contribution in [2.45, 2.75) is 51.5 Å². The van der Waals surface area contributed by atoms with Crippen molar-refractivity contribution in [2.75, 3.05) is 19.8 Å². The molecule has 0 aliphatic heterocycles. The highest BCUT2D eigenvalue weighted by Gasteiger charge is 2.35. The highest BCUT2D eigenvalue weighted by atomic mass is 19.3. The average molecular weight is 267 g/mol. The van der Waals surface area contributed by atoms with Crippen molar-refractivity contribution in [3.63, 3.8) is 0 Å². The summed E-state index contributed by atoms with van der Waals surface area (Å²) in [5.41, 5.74) is -0.968. The van der Waals surface area contributed by atoms with E-state index in [1.807, 2.05) is 6.92 Å². The van der Waals surface area contributed by atoms with Gasteiger partial charge in [-0.05, 0) is 32.2 Å². The molecule has 6 heteroatoms. The largest absolute Gasteiger partial charge is 0.480 e. The van der Waals surface area contributed by atoms with E-state index in [0.29, 0.717) is 25.8 Å². The van der Waals surface area contributed by atoms with Crippen molar-refractivity contribution in [1.29, 1.82) is 0 Å². The number of carbonyl (C=O) groups is 1. The van der Waals surface area contributed by atoms with Crippen LogP contribution in [0.2, 0.25) is 0 Å². The van der Waals surface area contributed by atoms with E-state index in [2.05, 4.69) is 5.32 Å². The molecule has 2 N–H and O–H groups in total. The van der Waals surface area contributed by atoms with Gasteiger partial charge in [0.2, 0.25) is 0 Å². The number of hydrogen-bond acceptors (Lipinski definition) is 3. The van der Waals surface area contributed by atoms with Crippen LogP contribution in [-0.2, 0) is 9.53 Å². The Kier molecular flexibility index (Phi) is 8.83. The molecule has 0 bridgehead atoms. The van der Waals surface area contributed by atoms with E-state index in [-0.39, 0.29) is 6.61 Å². The van der Waals surface area contributed by atoms with E-state index < -0.39 is 24.5 Å². The molecule has 0 aliphatic rings. The van der Waals surface area contributed by atoms with Gasteiger partial charge in [0.25, 0.3) is 6.43 Å². The second kappa shape index (κ2) is 9.22. The monoisotopic (exact) mass is 267 g/mol. The molecule has 0 spiro atoms. The zero-order valence-corrected chi connectivity index (χ0v) is 11.0. The SMILES string of the molecule is CCCNC(CC)(CCCOCC(F)F)C(=O)O. The summed E-state index contributed by atoms with van der Waals surface area (Å²) in [5, 5.41) is 12.3. The van der Waals surface area contributed by atoms with Crippen LogP contribution in [0.3, 0.4) is 0 Å². The number of carboxylic acid groups (broad SMARTS) is 1. The van der Waals surface area contributed by atoms with Crippen LogP contribution in [0.25, 0.3) is 0 Å². The second-order valence-corrected chi connectivity index (χ2v) is 4.24. The van der Waals surface area contributed by atoms with Gasteiger partial charge in [0.15, 0.2) is 0 Å². The summed E-state index contributed by atoms with van der Waals surface area (Å²) in [5.74, 6) is -0.896. The Hall–Kier alpha value is -0.750. The second-order valence-electron chi connectivity index (χ2n) is 4.24. The Morgan fingerprint density at radius 2 is 2.11 bits per heavy atom. The van der Waals surface area contributed by atoms with Gasteiger partial charge in [-0.25, -0.2) is 8.78 Å². The summed E-state index contributed by atoms with van der Waals surface area (Å²) >= 11 is 0. The van der Waals surface area contributed by atoms with Crippen LogP contribution in [-0.4, -0.2) is 42.8 Å². The Labute approximate surface area is 107 Å². The molecule has 18 heavy (non-hydrogen) atoms. The Balaban J connectivity index is 4.12. The van der Waals surface area contributed by atoms with E-state index in [4.69, 9.17) is 4.74 Å². The lowest BCUT2D eigenvalue weighted by Crippen LogP contribution is -2.52. The first-order valence-corrected chi connectivity index (χ1v) is 6.32. The molecule has 0 saturated heterocycles. The highest BCUT2D eigenvalue weighted by Crippen LogP contribution is 2.18. The predicted octanol–water partition coefficient (Wildman–Crippen LogP) is 2.28. The van der Waals surface area contributed by atoms with Gasteiger partial charge in [-0.3, -0.25) is 4.79 Å². The van der Waals surface area contributed by atoms with Crippen molar-refractivity contribution < 1.29 is 23.4 Å². The van der Waals surface area contributed by atoms with Crippen molar-refractivity contribution in [3.8, 4) is 0 Å². The number of aliphatic carboxylic acids is 1. The fourth-order valence-electron chi connectivity index (χ4n) is 1.74. The van der Waals surface area contributed by atoms with Crippen LogP contribution in [0.5, 0.6) is 0 Å². The summed E-state index contributed by atoms with van der Waals surface area (Å²) < 4.78 is 28.4. The molecule has 0 aromatic heterocycles. The molecule has 0 heterocycles. The summed E-state index contributed by atoms with van der Waals surface area (Å²) in [6, 6.07) is 0. The fourth-order valence-corrected chi connectivity index (χ4v) is 1.74. The standard InChI is InChI=1S/C12H23F2NO3/c1-3-7-15-12(4-2,11(16)17)6-5-8-18-9-10(13)14/h10,15H,3-9H2,1-2H3,(H,16,17). The first-order valence-electron chi connectivity index (χ1n) is 6.32. The van der Waals surface area contributed by atoms with E-state index >= 15 is 0 Å². The number of halogens is 2. The maximum absolute atomic E-state index is 11.8. The molecule has 4 nitrogen and oxygen atoms in total. The van der Waals surface area contributed by atoms with Crippen molar-refractivity contribution in [2.24, 2.45) is 0 Å². The first kappa shape index (κ1) is 17.2.